The minimum Gasteiger partial charge on any atom is -0.334 e. The van der Waals surface area contributed by atoms with Crippen molar-refractivity contribution in [1.82, 2.24) is 14.7 Å². The van der Waals surface area contributed by atoms with Crippen molar-refractivity contribution >= 4 is 5.91 Å². The van der Waals surface area contributed by atoms with Crippen molar-refractivity contribution in [2.24, 2.45) is 5.92 Å². The number of aromatic nitrogens is 2. The van der Waals surface area contributed by atoms with Gasteiger partial charge in [-0.2, -0.15) is 0 Å². The van der Waals surface area contributed by atoms with Gasteiger partial charge in [-0.05, 0) is 44.7 Å². The van der Waals surface area contributed by atoms with Crippen LogP contribution in [0.3, 0.4) is 0 Å². The average molecular weight is 327 g/mol. The molecular formula is C19H25N3O2. The number of hydrogen-bond donors (Lipinski definition) is 1. The number of benzene rings is 1. The lowest BCUT2D eigenvalue weighted by Crippen LogP contribution is -2.40. The zero-order valence-electron chi connectivity index (χ0n) is 14.6. The van der Waals surface area contributed by atoms with Crippen molar-refractivity contribution in [3.8, 4) is 5.69 Å². The Bertz CT molecular complexity index is 773. The number of nitrogens with one attached hydrogen (secondary N) is 1. The number of carbonyl (C=O) groups is 1. The smallest absolute Gasteiger partial charge is 0.272 e. The number of aryl methyl sites for hydroxylation is 1. The number of hydrogen-bond acceptors (Lipinski definition) is 2. The molecule has 0 unspecified atom stereocenters. The van der Waals surface area contributed by atoms with E-state index in [9.17, 15) is 9.59 Å². The van der Waals surface area contributed by atoms with Crippen LogP contribution in [0, 0.1) is 12.8 Å². The summed E-state index contributed by atoms with van der Waals surface area (Å²) in [5, 5.41) is 2.98. The quantitative estimate of drug-likeness (QED) is 0.921. The molecule has 1 aliphatic rings. The molecule has 128 valence electrons. The molecule has 2 aromatic rings. The maximum Gasteiger partial charge on any atom is 0.272 e. The number of carbonyl (C=O) groups excluding carboxylic acids is 1. The van der Waals surface area contributed by atoms with E-state index in [4.69, 9.17) is 0 Å². The predicted octanol–water partition coefficient (Wildman–Crippen LogP) is 3.12. The summed E-state index contributed by atoms with van der Waals surface area (Å²) in [7, 11) is 0. The monoisotopic (exact) mass is 327 g/mol. The second-order valence-electron chi connectivity index (χ2n) is 7.02. The van der Waals surface area contributed by atoms with E-state index in [0.29, 0.717) is 11.6 Å². The van der Waals surface area contributed by atoms with E-state index in [2.05, 4.69) is 18.9 Å². The topological polar surface area (TPSA) is 58.1 Å². The first-order valence-electron chi connectivity index (χ1n) is 8.66. The first-order valence-corrected chi connectivity index (χ1v) is 8.66. The summed E-state index contributed by atoms with van der Waals surface area (Å²) in [6.07, 6.45) is 3.31. The molecule has 0 bridgehead atoms. The maximum atomic E-state index is 12.9. The third-order valence-corrected chi connectivity index (χ3v) is 4.86. The van der Waals surface area contributed by atoms with Gasteiger partial charge in [0.05, 0.1) is 5.69 Å². The minimum absolute atomic E-state index is 0.0841. The van der Waals surface area contributed by atoms with Crippen LogP contribution in [0.1, 0.15) is 49.2 Å². The normalized spacial score (nSPS) is 21.5. The second kappa shape index (κ2) is 6.67. The van der Waals surface area contributed by atoms with Crippen LogP contribution >= 0.6 is 0 Å². The molecule has 5 heteroatoms. The van der Waals surface area contributed by atoms with E-state index in [0.717, 1.165) is 37.1 Å². The molecule has 1 aliphatic heterocycles. The van der Waals surface area contributed by atoms with Crippen molar-refractivity contribution < 1.29 is 4.79 Å². The molecule has 24 heavy (non-hydrogen) atoms. The van der Waals surface area contributed by atoms with Crippen molar-refractivity contribution in [2.75, 3.05) is 6.54 Å². The third-order valence-electron chi connectivity index (χ3n) is 4.86. The molecule has 0 aliphatic carbocycles. The van der Waals surface area contributed by atoms with E-state index >= 15 is 0 Å². The SMILES string of the molecule is Cc1ccc(-n2[nH]c(C(=O)N3C[C@@H](C)CCC[C@@H]3C)cc2=O)cc1. The summed E-state index contributed by atoms with van der Waals surface area (Å²) in [6.45, 7) is 7.01. The van der Waals surface area contributed by atoms with Crippen LogP contribution in [0.5, 0.6) is 0 Å². The van der Waals surface area contributed by atoms with Gasteiger partial charge in [0.15, 0.2) is 0 Å². The lowest BCUT2D eigenvalue weighted by atomic mass is 10.1. The third kappa shape index (κ3) is 3.30. The number of amides is 1. The highest BCUT2D eigenvalue weighted by atomic mass is 16.2. The Morgan fingerprint density at radius 1 is 1.17 bits per heavy atom. The Labute approximate surface area is 142 Å². The van der Waals surface area contributed by atoms with Crippen LogP contribution in [-0.4, -0.2) is 33.2 Å². The molecule has 3 rings (SSSR count). The first kappa shape index (κ1) is 16.6. The van der Waals surface area contributed by atoms with Gasteiger partial charge in [0.1, 0.15) is 5.69 Å². The number of aromatic amines is 1. The number of rotatable bonds is 2. The molecular weight excluding hydrogens is 302 g/mol. The molecule has 1 amide bonds. The van der Waals surface area contributed by atoms with Crippen molar-refractivity contribution in [3.05, 3.63) is 51.9 Å². The fraction of sp³-hybridized carbons (Fsp3) is 0.474. The predicted molar refractivity (Wildman–Crippen MR) is 94.6 cm³/mol. The summed E-state index contributed by atoms with van der Waals surface area (Å²) in [6, 6.07) is 9.25. The van der Waals surface area contributed by atoms with Gasteiger partial charge in [-0.15, -0.1) is 0 Å². The van der Waals surface area contributed by atoms with Gasteiger partial charge in [0.25, 0.3) is 11.5 Å². The second-order valence-corrected chi connectivity index (χ2v) is 7.02. The van der Waals surface area contributed by atoms with Crippen molar-refractivity contribution in [3.63, 3.8) is 0 Å². The zero-order chi connectivity index (χ0) is 17.3. The molecule has 0 saturated carbocycles. The minimum atomic E-state index is -0.210. The Kier molecular flexibility index (Phi) is 4.60. The molecule has 0 spiro atoms. The fourth-order valence-corrected chi connectivity index (χ4v) is 3.35. The van der Waals surface area contributed by atoms with Crippen LogP contribution in [0.15, 0.2) is 35.1 Å². The molecule has 2 heterocycles. The molecule has 1 N–H and O–H groups in total. The summed E-state index contributed by atoms with van der Waals surface area (Å²) in [5.41, 5.74) is 2.02. The van der Waals surface area contributed by atoms with Crippen LogP contribution < -0.4 is 5.56 Å². The Hall–Kier alpha value is -2.30. The van der Waals surface area contributed by atoms with Crippen LogP contribution in [0.2, 0.25) is 0 Å². The van der Waals surface area contributed by atoms with E-state index in [1.54, 1.807) is 0 Å². The highest BCUT2D eigenvalue weighted by Gasteiger charge is 2.27. The lowest BCUT2D eigenvalue weighted by Gasteiger charge is -2.28. The van der Waals surface area contributed by atoms with Gasteiger partial charge in [-0.1, -0.05) is 31.0 Å². The number of likely N-dealkylation sites (tertiary alicyclic amines) is 1. The standard InChI is InChI=1S/C19H25N3O2/c1-13-7-9-16(10-8-13)22-18(23)11-17(20-22)19(24)21-12-14(2)5-4-6-15(21)3/h7-11,14-15,20H,4-6,12H2,1-3H3/t14-,15-/m0/s1. The van der Waals surface area contributed by atoms with Gasteiger partial charge in [-0.3, -0.25) is 14.7 Å². The molecule has 0 radical (unpaired) electrons. The van der Waals surface area contributed by atoms with Crippen LogP contribution in [0.4, 0.5) is 0 Å². The van der Waals surface area contributed by atoms with E-state index < -0.39 is 0 Å². The number of nitrogens with zero attached hydrogens (tertiary/aromatic N) is 2. The maximum absolute atomic E-state index is 12.9. The average Bonchev–Trinajstić information content (AvgIpc) is 2.85. The molecule has 1 aromatic heterocycles. The molecule has 2 atom stereocenters. The zero-order valence-corrected chi connectivity index (χ0v) is 14.6. The van der Waals surface area contributed by atoms with Crippen LogP contribution in [0.25, 0.3) is 5.69 Å². The van der Waals surface area contributed by atoms with Gasteiger partial charge in [0.2, 0.25) is 0 Å². The van der Waals surface area contributed by atoms with E-state index in [1.807, 2.05) is 36.1 Å². The largest absolute Gasteiger partial charge is 0.334 e. The van der Waals surface area contributed by atoms with Gasteiger partial charge >= 0.3 is 0 Å². The van der Waals surface area contributed by atoms with Crippen molar-refractivity contribution in [2.45, 2.75) is 46.1 Å². The Morgan fingerprint density at radius 2 is 1.88 bits per heavy atom. The van der Waals surface area contributed by atoms with Gasteiger partial charge in [0, 0.05) is 18.7 Å². The van der Waals surface area contributed by atoms with Crippen LogP contribution in [-0.2, 0) is 0 Å². The van der Waals surface area contributed by atoms with E-state index in [-0.39, 0.29) is 17.5 Å². The highest BCUT2D eigenvalue weighted by Crippen LogP contribution is 2.22. The van der Waals surface area contributed by atoms with Gasteiger partial charge < -0.3 is 4.90 Å². The highest BCUT2D eigenvalue weighted by molar-refractivity contribution is 5.92. The first-order chi connectivity index (χ1) is 11.5. The van der Waals surface area contributed by atoms with Crippen molar-refractivity contribution in [1.29, 1.82) is 0 Å². The summed E-state index contributed by atoms with van der Waals surface area (Å²) in [4.78, 5) is 27.1. The molecule has 1 saturated heterocycles. The molecule has 1 aromatic carbocycles. The summed E-state index contributed by atoms with van der Waals surface area (Å²) >= 11 is 0. The Morgan fingerprint density at radius 3 is 2.58 bits per heavy atom. The molecule has 1 fully saturated rings. The lowest BCUT2D eigenvalue weighted by molar-refractivity contribution is 0.0671. The number of H-pyrrole nitrogens is 1. The molecule has 5 nitrogen and oxygen atoms in total. The summed E-state index contributed by atoms with van der Waals surface area (Å²) < 4.78 is 1.43. The fourth-order valence-electron chi connectivity index (χ4n) is 3.35. The van der Waals surface area contributed by atoms with Gasteiger partial charge in [-0.25, -0.2) is 4.68 Å². The summed E-state index contributed by atoms with van der Waals surface area (Å²) in [5.74, 6) is 0.406. The van der Waals surface area contributed by atoms with E-state index in [1.165, 1.54) is 10.7 Å². The Balaban J connectivity index is 1.89.